The van der Waals surface area contributed by atoms with Crippen LogP contribution in [-0.2, 0) is 15.3 Å². The van der Waals surface area contributed by atoms with E-state index in [2.05, 4.69) is 13.8 Å². The molecule has 0 bridgehead atoms. The van der Waals surface area contributed by atoms with Crippen molar-refractivity contribution in [2.24, 2.45) is 0 Å². The summed E-state index contributed by atoms with van der Waals surface area (Å²) < 4.78 is 32.5. The van der Waals surface area contributed by atoms with Crippen LogP contribution in [0.4, 0.5) is 5.69 Å². The lowest BCUT2D eigenvalue weighted by Crippen LogP contribution is -2.18. The molecule has 0 atom stereocenters. The van der Waals surface area contributed by atoms with Gasteiger partial charge in [0.1, 0.15) is 16.4 Å². The van der Waals surface area contributed by atoms with Gasteiger partial charge < -0.3 is 10.5 Å². The van der Waals surface area contributed by atoms with E-state index >= 15 is 0 Å². The van der Waals surface area contributed by atoms with Gasteiger partial charge in [0.2, 0.25) is 9.84 Å². The minimum atomic E-state index is -3.71. The normalized spacial score (nSPS) is 11.8. The largest absolute Gasteiger partial charge is 0.456 e. The first-order valence-electron chi connectivity index (χ1n) is 10.3. The van der Waals surface area contributed by atoms with Gasteiger partial charge in [-0.25, -0.2) is 8.42 Å². The molecule has 0 unspecified atom stereocenters. The van der Waals surface area contributed by atoms with E-state index in [-0.39, 0.29) is 15.2 Å². The summed E-state index contributed by atoms with van der Waals surface area (Å²) in [6.45, 7) is 4.26. The first-order valence-corrected chi connectivity index (χ1v) is 11.8. The zero-order chi connectivity index (χ0) is 22.8. The van der Waals surface area contributed by atoms with Gasteiger partial charge in [0.05, 0.1) is 4.90 Å². The Labute approximate surface area is 189 Å². The standard InChI is InChI=1S/C27H25NO3S/c1-27(2,20-15-17-22(28)18-16-20)21-9-8-10-23(19-21)31-25-13-6-7-14-26(25)32(29,30)24-11-4-3-5-12-24/h3-19H,28H2,1-2H3. The van der Waals surface area contributed by atoms with Gasteiger partial charge in [-0.15, -0.1) is 0 Å². The van der Waals surface area contributed by atoms with Crippen molar-refractivity contribution in [3.63, 3.8) is 0 Å². The van der Waals surface area contributed by atoms with Crippen molar-refractivity contribution in [3.05, 3.63) is 114 Å². The highest BCUT2D eigenvalue weighted by Crippen LogP contribution is 2.36. The van der Waals surface area contributed by atoms with Crippen LogP contribution in [0.1, 0.15) is 25.0 Å². The van der Waals surface area contributed by atoms with E-state index in [0.717, 1.165) is 16.8 Å². The number of hydrogen-bond acceptors (Lipinski definition) is 4. The molecule has 0 aliphatic rings. The molecule has 32 heavy (non-hydrogen) atoms. The molecule has 0 spiro atoms. The lowest BCUT2D eigenvalue weighted by Gasteiger charge is -2.26. The van der Waals surface area contributed by atoms with Crippen molar-refractivity contribution in [2.75, 3.05) is 5.73 Å². The van der Waals surface area contributed by atoms with Gasteiger partial charge in [-0.3, -0.25) is 0 Å². The quantitative estimate of drug-likeness (QED) is 0.359. The molecule has 0 amide bonds. The number of nitrogen functional groups attached to an aromatic ring is 1. The van der Waals surface area contributed by atoms with Gasteiger partial charge >= 0.3 is 0 Å². The third-order valence-electron chi connectivity index (χ3n) is 5.61. The van der Waals surface area contributed by atoms with Crippen LogP contribution in [0.15, 0.2) is 113 Å². The van der Waals surface area contributed by atoms with E-state index in [0.29, 0.717) is 11.5 Å². The van der Waals surface area contributed by atoms with Gasteiger partial charge in [0.25, 0.3) is 0 Å². The second-order valence-electron chi connectivity index (χ2n) is 8.14. The van der Waals surface area contributed by atoms with E-state index in [4.69, 9.17) is 10.5 Å². The summed E-state index contributed by atoms with van der Waals surface area (Å²) in [5.41, 5.74) is 8.44. The Hall–Kier alpha value is -3.57. The molecule has 4 rings (SSSR count). The number of rotatable bonds is 6. The number of benzene rings is 4. The van der Waals surface area contributed by atoms with Crippen molar-refractivity contribution < 1.29 is 13.2 Å². The van der Waals surface area contributed by atoms with E-state index in [1.807, 2.05) is 48.5 Å². The van der Waals surface area contributed by atoms with Crippen molar-refractivity contribution in [1.29, 1.82) is 0 Å². The van der Waals surface area contributed by atoms with Crippen molar-refractivity contribution in [2.45, 2.75) is 29.1 Å². The van der Waals surface area contributed by atoms with Crippen LogP contribution >= 0.6 is 0 Å². The Balaban J connectivity index is 1.69. The number of anilines is 1. The highest BCUT2D eigenvalue weighted by atomic mass is 32.2. The summed E-state index contributed by atoms with van der Waals surface area (Å²) in [7, 11) is -3.71. The van der Waals surface area contributed by atoms with Crippen LogP contribution in [0.25, 0.3) is 0 Å². The third-order valence-corrected chi connectivity index (χ3v) is 7.42. The van der Waals surface area contributed by atoms with E-state index in [1.165, 1.54) is 0 Å². The molecule has 4 aromatic carbocycles. The Morgan fingerprint density at radius 1 is 0.719 bits per heavy atom. The minimum absolute atomic E-state index is 0.134. The summed E-state index contributed by atoms with van der Waals surface area (Å²) >= 11 is 0. The van der Waals surface area contributed by atoms with Crippen LogP contribution in [-0.4, -0.2) is 8.42 Å². The number of hydrogen-bond donors (Lipinski definition) is 1. The smallest absolute Gasteiger partial charge is 0.210 e. The lowest BCUT2D eigenvalue weighted by molar-refractivity contribution is 0.465. The molecule has 162 valence electrons. The van der Waals surface area contributed by atoms with Crippen molar-refractivity contribution in [1.82, 2.24) is 0 Å². The average molecular weight is 444 g/mol. The summed E-state index contributed by atoms with van der Waals surface area (Å²) in [6, 6.07) is 30.6. The summed E-state index contributed by atoms with van der Waals surface area (Å²) in [5.74, 6) is 0.862. The zero-order valence-corrected chi connectivity index (χ0v) is 18.8. The predicted octanol–water partition coefficient (Wildman–Crippen LogP) is 6.22. The van der Waals surface area contributed by atoms with Crippen LogP contribution in [0, 0.1) is 0 Å². The molecule has 4 nitrogen and oxygen atoms in total. The first kappa shape index (κ1) is 21.7. The maximum Gasteiger partial charge on any atom is 0.210 e. The molecule has 0 aromatic heterocycles. The highest BCUT2D eigenvalue weighted by Gasteiger charge is 2.25. The van der Waals surface area contributed by atoms with Gasteiger partial charge in [-0.1, -0.05) is 68.4 Å². The maximum absolute atomic E-state index is 13.2. The maximum atomic E-state index is 13.2. The number of nitrogens with two attached hydrogens (primary N) is 1. The van der Waals surface area contributed by atoms with Gasteiger partial charge in [0, 0.05) is 11.1 Å². The molecule has 2 N–H and O–H groups in total. The fraction of sp³-hybridized carbons (Fsp3) is 0.111. The molecule has 0 saturated heterocycles. The Bertz CT molecular complexity index is 1330. The topological polar surface area (TPSA) is 69.4 Å². The molecular formula is C27H25NO3S. The Morgan fingerprint density at radius 3 is 2.09 bits per heavy atom. The third kappa shape index (κ3) is 4.25. The van der Waals surface area contributed by atoms with Crippen LogP contribution in [0.3, 0.4) is 0 Å². The number of ether oxygens (including phenoxy) is 1. The first-order chi connectivity index (χ1) is 15.3. The molecule has 4 aromatic rings. The SMILES string of the molecule is CC(C)(c1ccc(N)cc1)c1cccc(Oc2ccccc2S(=O)(=O)c2ccccc2)c1. The van der Waals surface area contributed by atoms with E-state index in [9.17, 15) is 8.42 Å². The summed E-state index contributed by atoms with van der Waals surface area (Å²) in [5, 5.41) is 0. The molecule has 5 heteroatoms. The highest BCUT2D eigenvalue weighted by molar-refractivity contribution is 7.91. The van der Waals surface area contributed by atoms with E-state index < -0.39 is 9.84 Å². The van der Waals surface area contributed by atoms with Gasteiger partial charge in [-0.05, 0) is 59.7 Å². The minimum Gasteiger partial charge on any atom is -0.456 e. The molecule has 0 radical (unpaired) electrons. The Morgan fingerprint density at radius 2 is 1.38 bits per heavy atom. The van der Waals surface area contributed by atoms with Crippen molar-refractivity contribution in [3.8, 4) is 11.5 Å². The van der Waals surface area contributed by atoms with Crippen LogP contribution in [0.2, 0.25) is 0 Å². The number of sulfone groups is 1. The van der Waals surface area contributed by atoms with E-state index in [1.54, 1.807) is 54.6 Å². The molecular weight excluding hydrogens is 418 g/mol. The molecule has 0 aliphatic heterocycles. The second kappa shape index (κ2) is 8.52. The molecule has 0 saturated carbocycles. The summed E-state index contributed by atoms with van der Waals surface area (Å²) in [4.78, 5) is 0.365. The monoisotopic (exact) mass is 443 g/mol. The number of para-hydroxylation sites is 1. The molecule has 0 aliphatic carbocycles. The second-order valence-corrected chi connectivity index (χ2v) is 10.1. The van der Waals surface area contributed by atoms with Crippen molar-refractivity contribution >= 4 is 15.5 Å². The average Bonchev–Trinajstić information content (AvgIpc) is 2.80. The zero-order valence-electron chi connectivity index (χ0n) is 18.0. The lowest BCUT2D eigenvalue weighted by atomic mass is 9.78. The fourth-order valence-electron chi connectivity index (χ4n) is 3.62. The van der Waals surface area contributed by atoms with Gasteiger partial charge in [0.15, 0.2) is 0 Å². The Kier molecular flexibility index (Phi) is 5.76. The molecule has 0 heterocycles. The summed E-state index contributed by atoms with van der Waals surface area (Å²) in [6.07, 6.45) is 0. The van der Waals surface area contributed by atoms with Crippen LogP contribution < -0.4 is 10.5 Å². The van der Waals surface area contributed by atoms with Gasteiger partial charge in [-0.2, -0.15) is 0 Å². The molecule has 0 fully saturated rings. The van der Waals surface area contributed by atoms with Crippen LogP contribution in [0.5, 0.6) is 11.5 Å². The fourth-order valence-corrected chi connectivity index (χ4v) is 5.03. The predicted molar refractivity (Wildman–Crippen MR) is 128 cm³/mol.